The van der Waals surface area contributed by atoms with Crippen LogP contribution in [-0.2, 0) is 21.4 Å². The van der Waals surface area contributed by atoms with E-state index in [4.69, 9.17) is 9.84 Å². The molecule has 0 radical (unpaired) electrons. The normalized spacial score (nSPS) is 19.8. The first kappa shape index (κ1) is 22.5. The Labute approximate surface area is 202 Å². The number of anilines is 1. The summed E-state index contributed by atoms with van der Waals surface area (Å²) in [4.78, 5) is 24.3. The third-order valence-electron chi connectivity index (χ3n) is 6.96. The molecule has 2 aromatic carbocycles. The van der Waals surface area contributed by atoms with Gasteiger partial charge in [0, 0.05) is 34.6 Å². The zero-order chi connectivity index (χ0) is 24.4. The summed E-state index contributed by atoms with van der Waals surface area (Å²) in [5.41, 5.74) is 4.54. The summed E-state index contributed by atoms with van der Waals surface area (Å²) in [7, 11) is 0. The molecule has 5 rings (SSSR count). The fourth-order valence-corrected chi connectivity index (χ4v) is 5.02. The average Bonchev–Trinajstić information content (AvgIpc) is 3.60. The van der Waals surface area contributed by atoms with Crippen molar-refractivity contribution >= 4 is 17.6 Å². The molecule has 1 aromatic heterocycles. The highest BCUT2D eigenvalue weighted by atomic mass is 16.5. The highest BCUT2D eigenvalue weighted by Gasteiger charge is 2.61. The number of aromatic nitrogens is 2. The van der Waals surface area contributed by atoms with Gasteiger partial charge in [-0.2, -0.15) is 15.5 Å². The maximum atomic E-state index is 13.4. The molecular weight excluding hydrogens is 444 g/mol. The maximum absolute atomic E-state index is 13.4. The van der Waals surface area contributed by atoms with Crippen LogP contribution in [0, 0.1) is 17.2 Å². The number of aryl methyl sites for hydroxylation is 1. The molecule has 0 saturated heterocycles. The molecule has 1 aliphatic carbocycles. The van der Waals surface area contributed by atoms with E-state index in [-0.39, 0.29) is 23.7 Å². The molecule has 35 heavy (non-hydrogen) atoms. The van der Waals surface area contributed by atoms with Crippen molar-refractivity contribution < 1.29 is 19.4 Å². The first-order valence-electron chi connectivity index (χ1n) is 11.6. The Balaban J connectivity index is 1.38. The predicted molar refractivity (Wildman–Crippen MR) is 128 cm³/mol. The van der Waals surface area contributed by atoms with Gasteiger partial charge in [0.25, 0.3) is 0 Å². The number of ether oxygens (including phenoxy) is 1. The van der Waals surface area contributed by atoms with Crippen LogP contribution < -0.4 is 10.1 Å². The lowest BCUT2D eigenvalue weighted by molar-refractivity contribution is -0.137. The quantitative estimate of drug-likeness (QED) is 0.535. The molecule has 2 aliphatic rings. The lowest BCUT2D eigenvalue weighted by atomic mass is 9.85. The summed E-state index contributed by atoms with van der Waals surface area (Å²) in [5.74, 6) is -0.362. The van der Waals surface area contributed by atoms with E-state index in [1.807, 2.05) is 18.2 Å². The lowest BCUT2D eigenvalue weighted by Gasteiger charge is -2.27. The Morgan fingerprint density at radius 2 is 2.06 bits per heavy atom. The number of hydrogen-bond donors (Lipinski definition) is 2. The van der Waals surface area contributed by atoms with E-state index in [0.29, 0.717) is 30.7 Å². The Morgan fingerprint density at radius 3 is 2.83 bits per heavy atom. The van der Waals surface area contributed by atoms with Crippen molar-refractivity contribution in [2.75, 3.05) is 11.9 Å². The number of amides is 1. The maximum Gasteiger partial charge on any atom is 0.303 e. The third-order valence-corrected chi connectivity index (χ3v) is 6.96. The van der Waals surface area contributed by atoms with Gasteiger partial charge in [-0.1, -0.05) is 12.1 Å². The largest absolute Gasteiger partial charge is 0.493 e. The Kier molecular flexibility index (Phi) is 5.91. The number of fused-ring (bicyclic) bond motifs is 2. The average molecular weight is 469 g/mol. The van der Waals surface area contributed by atoms with E-state index in [1.54, 1.807) is 30.6 Å². The Hall–Kier alpha value is -4.25. The fourth-order valence-electron chi connectivity index (χ4n) is 5.02. The number of nitriles is 1. The number of carbonyl (C=O) groups excluding carboxylic acids is 1. The van der Waals surface area contributed by atoms with E-state index in [9.17, 15) is 14.9 Å². The summed E-state index contributed by atoms with van der Waals surface area (Å²) < 4.78 is 5.91. The zero-order valence-electron chi connectivity index (χ0n) is 19.0. The van der Waals surface area contributed by atoms with Gasteiger partial charge in [0.2, 0.25) is 5.91 Å². The smallest absolute Gasteiger partial charge is 0.303 e. The number of rotatable bonds is 7. The van der Waals surface area contributed by atoms with Gasteiger partial charge in [0.05, 0.1) is 30.6 Å². The van der Waals surface area contributed by atoms with Crippen LogP contribution in [0.1, 0.15) is 42.4 Å². The summed E-state index contributed by atoms with van der Waals surface area (Å²) >= 11 is 0. The second-order valence-corrected chi connectivity index (χ2v) is 9.07. The van der Waals surface area contributed by atoms with Gasteiger partial charge >= 0.3 is 5.97 Å². The lowest BCUT2D eigenvalue weighted by Crippen LogP contribution is -2.27. The molecule has 8 heteroatoms. The standard InChI is InChI=1S/C27H24N4O4/c28-15-17-4-5-18(2-1-3-25(32)33)23(12-17)31-26(34)22-14-27(22)9-11-35-24-7-6-19(13-21(24)27)20-8-10-29-30-16-20/h4-8,10,12-13,16,22H,1-3,9,11,14H2,(H,31,34)(H,32,33). The van der Waals surface area contributed by atoms with Crippen LogP contribution in [0.15, 0.2) is 54.9 Å². The fraction of sp³-hybridized carbons (Fsp3) is 0.296. The van der Waals surface area contributed by atoms with E-state index < -0.39 is 5.97 Å². The molecule has 2 heterocycles. The molecule has 3 aromatic rings. The van der Waals surface area contributed by atoms with Crippen molar-refractivity contribution in [2.24, 2.45) is 5.92 Å². The molecule has 2 atom stereocenters. The van der Waals surface area contributed by atoms with Crippen molar-refractivity contribution in [1.29, 1.82) is 5.26 Å². The summed E-state index contributed by atoms with van der Waals surface area (Å²) in [5, 5.41) is 29.1. The van der Waals surface area contributed by atoms with Gasteiger partial charge < -0.3 is 15.2 Å². The summed E-state index contributed by atoms with van der Waals surface area (Å²) in [6, 6.07) is 15.2. The van der Waals surface area contributed by atoms with Gasteiger partial charge in [-0.05, 0) is 67.1 Å². The SMILES string of the molecule is N#Cc1ccc(CCCC(=O)O)c(NC(=O)C2CC23CCOc2ccc(-c4ccnnc4)cc23)c1. The molecule has 1 fully saturated rings. The summed E-state index contributed by atoms with van der Waals surface area (Å²) in [6.07, 6.45) is 5.84. The predicted octanol–water partition coefficient (Wildman–Crippen LogP) is 4.10. The van der Waals surface area contributed by atoms with Crippen molar-refractivity contribution in [3.8, 4) is 22.9 Å². The van der Waals surface area contributed by atoms with Gasteiger partial charge in [0.15, 0.2) is 0 Å². The minimum atomic E-state index is -0.857. The second-order valence-electron chi connectivity index (χ2n) is 9.07. The highest BCUT2D eigenvalue weighted by molar-refractivity contribution is 5.97. The van der Waals surface area contributed by atoms with E-state index in [1.165, 1.54) is 0 Å². The van der Waals surface area contributed by atoms with Crippen LogP contribution in [0.3, 0.4) is 0 Å². The van der Waals surface area contributed by atoms with E-state index in [2.05, 4.69) is 27.6 Å². The Morgan fingerprint density at radius 1 is 1.17 bits per heavy atom. The molecule has 8 nitrogen and oxygen atoms in total. The van der Waals surface area contributed by atoms with Gasteiger partial charge in [-0.25, -0.2) is 0 Å². The molecule has 0 bridgehead atoms. The molecule has 1 amide bonds. The van der Waals surface area contributed by atoms with Crippen molar-refractivity contribution in [2.45, 2.75) is 37.5 Å². The number of carboxylic acid groups (broad SMARTS) is 1. The number of aliphatic carboxylic acids is 1. The van der Waals surface area contributed by atoms with Crippen LogP contribution in [0.4, 0.5) is 5.69 Å². The van der Waals surface area contributed by atoms with Gasteiger partial charge in [-0.3, -0.25) is 9.59 Å². The molecule has 2 unspecified atom stereocenters. The zero-order valence-corrected chi connectivity index (χ0v) is 19.0. The van der Waals surface area contributed by atoms with E-state index >= 15 is 0 Å². The van der Waals surface area contributed by atoms with Crippen molar-refractivity contribution in [3.05, 3.63) is 71.5 Å². The summed E-state index contributed by atoms with van der Waals surface area (Å²) in [6.45, 7) is 0.553. The Bertz CT molecular complexity index is 1330. The van der Waals surface area contributed by atoms with Crippen LogP contribution >= 0.6 is 0 Å². The van der Waals surface area contributed by atoms with Crippen molar-refractivity contribution in [3.63, 3.8) is 0 Å². The molecule has 2 N–H and O–H groups in total. The number of nitrogens with one attached hydrogen (secondary N) is 1. The van der Waals surface area contributed by atoms with Crippen LogP contribution in [0.2, 0.25) is 0 Å². The first-order valence-corrected chi connectivity index (χ1v) is 11.6. The topological polar surface area (TPSA) is 125 Å². The second kappa shape index (κ2) is 9.18. The number of carboxylic acids is 1. The minimum Gasteiger partial charge on any atom is -0.493 e. The molecule has 1 spiro atoms. The molecular formula is C27H24N4O4. The van der Waals surface area contributed by atoms with Crippen LogP contribution in [0.25, 0.3) is 11.1 Å². The van der Waals surface area contributed by atoms with Gasteiger partial charge in [0.1, 0.15) is 5.75 Å². The van der Waals surface area contributed by atoms with Crippen LogP contribution in [-0.4, -0.2) is 33.8 Å². The van der Waals surface area contributed by atoms with Gasteiger partial charge in [-0.15, -0.1) is 0 Å². The minimum absolute atomic E-state index is 0.0469. The monoisotopic (exact) mass is 468 g/mol. The van der Waals surface area contributed by atoms with E-state index in [0.717, 1.165) is 40.8 Å². The van der Waals surface area contributed by atoms with Crippen molar-refractivity contribution in [1.82, 2.24) is 10.2 Å². The molecule has 1 aliphatic heterocycles. The molecule has 176 valence electrons. The first-order chi connectivity index (χ1) is 17.0. The highest BCUT2D eigenvalue weighted by Crippen LogP contribution is 2.61. The number of hydrogen-bond acceptors (Lipinski definition) is 6. The van der Waals surface area contributed by atoms with Crippen LogP contribution in [0.5, 0.6) is 5.75 Å². The molecule has 1 saturated carbocycles. The third kappa shape index (κ3) is 4.45. The number of carbonyl (C=O) groups is 2. The number of nitrogens with zero attached hydrogens (tertiary/aromatic N) is 3. The number of benzene rings is 2.